The molecule has 3 atom stereocenters. The van der Waals surface area contributed by atoms with Gasteiger partial charge in [0.05, 0.1) is 0 Å². The minimum absolute atomic E-state index is 0.828. The van der Waals surface area contributed by atoms with Gasteiger partial charge in [-0.05, 0) is 50.5 Å². The smallest absolute Gasteiger partial charge is 0.00925 e. The second-order valence-electron chi connectivity index (χ2n) is 5.38. The van der Waals surface area contributed by atoms with Crippen LogP contribution in [0, 0.1) is 17.8 Å². The van der Waals surface area contributed by atoms with Crippen molar-refractivity contribution in [2.24, 2.45) is 17.8 Å². The summed E-state index contributed by atoms with van der Waals surface area (Å²) in [7, 11) is 2.15. The van der Waals surface area contributed by atoms with Gasteiger partial charge in [-0.1, -0.05) is 26.2 Å². The zero-order valence-corrected chi connectivity index (χ0v) is 9.76. The van der Waals surface area contributed by atoms with E-state index in [1.54, 1.807) is 6.42 Å². The van der Waals surface area contributed by atoms with Gasteiger partial charge in [-0.15, -0.1) is 0 Å². The minimum Gasteiger partial charge on any atom is -0.317 e. The minimum atomic E-state index is 0.828. The number of nitrogens with one attached hydrogen (secondary N) is 1. The van der Waals surface area contributed by atoms with Gasteiger partial charge in [-0.3, -0.25) is 0 Å². The third-order valence-corrected chi connectivity index (χ3v) is 4.34. The highest BCUT2D eigenvalue weighted by Crippen LogP contribution is 2.55. The van der Waals surface area contributed by atoms with Crippen LogP contribution in [0.15, 0.2) is 0 Å². The molecule has 0 aromatic rings. The standard InChI is InChI=1S/C13H25N/c1-3-4-5-6-13(14-2)12-8-10-7-11(10)9-12/h10-14H,3-9H2,1-2H3. The van der Waals surface area contributed by atoms with Crippen molar-refractivity contribution in [2.75, 3.05) is 7.05 Å². The summed E-state index contributed by atoms with van der Waals surface area (Å²) < 4.78 is 0. The van der Waals surface area contributed by atoms with Crippen molar-refractivity contribution in [2.45, 2.75) is 57.9 Å². The van der Waals surface area contributed by atoms with Gasteiger partial charge in [-0.2, -0.15) is 0 Å². The molecule has 14 heavy (non-hydrogen) atoms. The van der Waals surface area contributed by atoms with E-state index >= 15 is 0 Å². The second kappa shape index (κ2) is 4.65. The molecule has 3 unspecified atom stereocenters. The molecule has 2 saturated carbocycles. The summed E-state index contributed by atoms with van der Waals surface area (Å²) >= 11 is 0. The molecule has 0 saturated heterocycles. The summed E-state index contributed by atoms with van der Waals surface area (Å²) in [6, 6.07) is 0.828. The Morgan fingerprint density at radius 2 is 1.86 bits per heavy atom. The van der Waals surface area contributed by atoms with E-state index in [9.17, 15) is 0 Å². The summed E-state index contributed by atoms with van der Waals surface area (Å²) in [6.07, 6.45) is 10.2. The molecule has 1 nitrogen and oxygen atoms in total. The zero-order chi connectivity index (χ0) is 9.97. The summed E-state index contributed by atoms with van der Waals surface area (Å²) in [5.41, 5.74) is 0. The molecule has 0 aromatic carbocycles. The van der Waals surface area contributed by atoms with Crippen LogP contribution in [0.4, 0.5) is 0 Å². The Kier molecular flexibility index (Phi) is 3.48. The van der Waals surface area contributed by atoms with E-state index in [0.29, 0.717) is 0 Å². The predicted octanol–water partition coefficient (Wildman–Crippen LogP) is 3.20. The van der Waals surface area contributed by atoms with E-state index in [0.717, 1.165) is 23.8 Å². The third kappa shape index (κ3) is 2.31. The fourth-order valence-electron chi connectivity index (χ4n) is 3.32. The Labute approximate surface area is 88.7 Å². The maximum atomic E-state index is 3.54. The fourth-order valence-corrected chi connectivity index (χ4v) is 3.32. The lowest BCUT2D eigenvalue weighted by Gasteiger charge is -2.24. The monoisotopic (exact) mass is 195 g/mol. The van der Waals surface area contributed by atoms with Gasteiger partial charge in [-0.25, -0.2) is 0 Å². The summed E-state index contributed by atoms with van der Waals surface area (Å²) in [5, 5.41) is 3.54. The van der Waals surface area contributed by atoms with Crippen molar-refractivity contribution in [3.63, 3.8) is 0 Å². The number of hydrogen-bond donors (Lipinski definition) is 1. The Balaban J connectivity index is 1.69. The molecule has 2 fully saturated rings. The highest BCUT2D eigenvalue weighted by Gasteiger charge is 2.47. The zero-order valence-electron chi connectivity index (χ0n) is 9.76. The second-order valence-corrected chi connectivity index (χ2v) is 5.38. The van der Waals surface area contributed by atoms with Gasteiger partial charge in [0.25, 0.3) is 0 Å². The summed E-state index contributed by atoms with van der Waals surface area (Å²) in [4.78, 5) is 0. The molecule has 2 aliphatic carbocycles. The Hall–Kier alpha value is -0.0400. The van der Waals surface area contributed by atoms with E-state index in [1.807, 2.05) is 0 Å². The van der Waals surface area contributed by atoms with Crippen LogP contribution in [0.5, 0.6) is 0 Å². The maximum absolute atomic E-state index is 3.54. The highest BCUT2D eigenvalue weighted by atomic mass is 14.9. The molecule has 0 radical (unpaired) electrons. The molecule has 1 heteroatoms. The van der Waals surface area contributed by atoms with Crippen LogP contribution in [-0.2, 0) is 0 Å². The molecule has 0 aliphatic heterocycles. The maximum Gasteiger partial charge on any atom is 0.00925 e. The molecule has 2 aliphatic rings. The first-order valence-electron chi connectivity index (χ1n) is 6.52. The molecule has 0 spiro atoms. The van der Waals surface area contributed by atoms with Gasteiger partial charge in [0.15, 0.2) is 0 Å². The quantitative estimate of drug-likeness (QED) is 0.642. The van der Waals surface area contributed by atoms with Crippen LogP contribution in [0.25, 0.3) is 0 Å². The first kappa shape index (κ1) is 10.5. The molecule has 82 valence electrons. The normalized spacial score (nSPS) is 36.9. The van der Waals surface area contributed by atoms with Crippen LogP contribution in [0.2, 0.25) is 0 Å². The molecule has 0 heterocycles. The SMILES string of the molecule is CCCCCC(NC)C1CC2CC2C1. The molecule has 0 bridgehead atoms. The van der Waals surface area contributed by atoms with Gasteiger partial charge >= 0.3 is 0 Å². The fraction of sp³-hybridized carbons (Fsp3) is 1.00. The summed E-state index contributed by atoms with van der Waals surface area (Å²) in [6.45, 7) is 2.29. The van der Waals surface area contributed by atoms with E-state index in [4.69, 9.17) is 0 Å². The molecular formula is C13H25N. The van der Waals surface area contributed by atoms with Crippen molar-refractivity contribution in [3.8, 4) is 0 Å². The van der Waals surface area contributed by atoms with E-state index in [2.05, 4.69) is 19.3 Å². The van der Waals surface area contributed by atoms with Crippen molar-refractivity contribution in [1.82, 2.24) is 5.32 Å². The van der Waals surface area contributed by atoms with Crippen molar-refractivity contribution in [1.29, 1.82) is 0 Å². The van der Waals surface area contributed by atoms with Gasteiger partial charge in [0.1, 0.15) is 0 Å². The number of rotatable bonds is 6. The highest BCUT2D eigenvalue weighted by molar-refractivity contribution is 4.98. The van der Waals surface area contributed by atoms with Crippen LogP contribution in [-0.4, -0.2) is 13.1 Å². The van der Waals surface area contributed by atoms with Crippen LogP contribution < -0.4 is 5.32 Å². The van der Waals surface area contributed by atoms with Crippen LogP contribution >= 0.6 is 0 Å². The lowest BCUT2D eigenvalue weighted by Crippen LogP contribution is -2.32. The molecule has 2 rings (SSSR count). The average molecular weight is 195 g/mol. The van der Waals surface area contributed by atoms with E-state index in [-0.39, 0.29) is 0 Å². The number of unbranched alkanes of at least 4 members (excludes halogenated alkanes) is 2. The number of hydrogen-bond acceptors (Lipinski definition) is 1. The first-order chi connectivity index (χ1) is 6.85. The van der Waals surface area contributed by atoms with Crippen molar-refractivity contribution < 1.29 is 0 Å². The molecule has 1 N–H and O–H groups in total. The van der Waals surface area contributed by atoms with Crippen molar-refractivity contribution in [3.05, 3.63) is 0 Å². The average Bonchev–Trinajstić information content (AvgIpc) is 2.81. The van der Waals surface area contributed by atoms with Gasteiger partial charge < -0.3 is 5.32 Å². The topological polar surface area (TPSA) is 12.0 Å². The first-order valence-corrected chi connectivity index (χ1v) is 6.52. The molecule has 0 amide bonds. The van der Waals surface area contributed by atoms with Crippen LogP contribution in [0.1, 0.15) is 51.9 Å². The third-order valence-electron chi connectivity index (χ3n) is 4.34. The molecule has 0 aromatic heterocycles. The molecular weight excluding hydrogens is 170 g/mol. The summed E-state index contributed by atoms with van der Waals surface area (Å²) in [5.74, 6) is 3.30. The van der Waals surface area contributed by atoms with Crippen molar-refractivity contribution >= 4 is 0 Å². The van der Waals surface area contributed by atoms with E-state index in [1.165, 1.54) is 38.5 Å². The largest absolute Gasteiger partial charge is 0.317 e. The van der Waals surface area contributed by atoms with Gasteiger partial charge in [0, 0.05) is 6.04 Å². The Morgan fingerprint density at radius 1 is 1.14 bits per heavy atom. The van der Waals surface area contributed by atoms with Gasteiger partial charge in [0.2, 0.25) is 0 Å². The predicted molar refractivity (Wildman–Crippen MR) is 61.3 cm³/mol. The number of fused-ring (bicyclic) bond motifs is 1. The van der Waals surface area contributed by atoms with E-state index < -0.39 is 0 Å². The van der Waals surface area contributed by atoms with Crippen LogP contribution in [0.3, 0.4) is 0 Å². The lowest BCUT2D eigenvalue weighted by atomic mass is 9.91. The Morgan fingerprint density at radius 3 is 2.43 bits per heavy atom. The Bertz CT molecular complexity index is 168. The lowest BCUT2D eigenvalue weighted by molar-refractivity contribution is 0.326.